The number of rotatable bonds is 3. The highest BCUT2D eigenvalue weighted by Crippen LogP contribution is 2.31. The van der Waals surface area contributed by atoms with Crippen LogP contribution in [0.2, 0.25) is 0 Å². The van der Waals surface area contributed by atoms with E-state index < -0.39 is 0 Å². The number of likely N-dealkylation sites (N-methyl/N-ethyl adjacent to an activating group) is 1. The van der Waals surface area contributed by atoms with Gasteiger partial charge in [0.1, 0.15) is 5.82 Å². The molecule has 1 heterocycles. The summed E-state index contributed by atoms with van der Waals surface area (Å²) in [4.78, 5) is 0. The van der Waals surface area contributed by atoms with E-state index in [1.807, 2.05) is 20.0 Å². The molecule has 1 saturated heterocycles. The largest absolute Gasteiger partial charge is 0.376 e. The van der Waals surface area contributed by atoms with E-state index in [9.17, 15) is 4.39 Å². The molecular weight excluding hydrogens is 217 g/mol. The molecule has 0 amide bonds. The van der Waals surface area contributed by atoms with Gasteiger partial charge in [0.25, 0.3) is 0 Å². The molecule has 17 heavy (non-hydrogen) atoms. The first-order chi connectivity index (χ1) is 8.11. The van der Waals surface area contributed by atoms with Gasteiger partial charge in [-0.1, -0.05) is 13.0 Å². The first-order valence-electron chi connectivity index (χ1n) is 6.18. The molecule has 2 nitrogen and oxygen atoms in total. The quantitative estimate of drug-likeness (QED) is 0.872. The number of ether oxygens (including phenoxy) is 1. The van der Waals surface area contributed by atoms with Crippen LogP contribution in [-0.4, -0.2) is 19.8 Å². The lowest BCUT2D eigenvalue weighted by atomic mass is 9.92. The molecule has 1 N–H and O–H groups in total. The van der Waals surface area contributed by atoms with Crippen LogP contribution < -0.4 is 5.32 Å². The lowest BCUT2D eigenvalue weighted by molar-refractivity contribution is 0.0630. The van der Waals surface area contributed by atoms with Crippen LogP contribution >= 0.6 is 0 Å². The SMILES string of the molecule is CNC(c1cc(C)cc(F)c1)C1OCCC1C. The third-order valence-electron chi connectivity index (χ3n) is 3.51. The van der Waals surface area contributed by atoms with E-state index in [4.69, 9.17) is 4.74 Å². The summed E-state index contributed by atoms with van der Waals surface area (Å²) in [5.41, 5.74) is 1.93. The highest BCUT2D eigenvalue weighted by atomic mass is 19.1. The van der Waals surface area contributed by atoms with Crippen LogP contribution in [-0.2, 0) is 4.74 Å². The summed E-state index contributed by atoms with van der Waals surface area (Å²) in [6.07, 6.45) is 1.22. The lowest BCUT2D eigenvalue weighted by Crippen LogP contribution is -2.32. The predicted octanol–water partition coefficient (Wildman–Crippen LogP) is 2.82. The maximum absolute atomic E-state index is 13.4. The molecule has 3 heteroatoms. The first-order valence-corrected chi connectivity index (χ1v) is 6.18. The van der Waals surface area contributed by atoms with Gasteiger partial charge in [0, 0.05) is 6.61 Å². The van der Waals surface area contributed by atoms with Gasteiger partial charge in [-0.05, 0) is 49.6 Å². The molecule has 1 fully saturated rings. The van der Waals surface area contributed by atoms with Crippen molar-refractivity contribution in [2.24, 2.45) is 5.92 Å². The number of aryl methyl sites for hydroxylation is 1. The molecule has 0 saturated carbocycles. The summed E-state index contributed by atoms with van der Waals surface area (Å²) in [7, 11) is 1.90. The number of benzene rings is 1. The normalized spacial score (nSPS) is 26.1. The van der Waals surface area contributed by atoms with Crippen molar-refractivity contribution in [1.29, 1.82) is 0 Å². The van der Waals surface area contributed by atoms with Gasteiger partial charge in [-0.25, -0.2) is 4.39 Å². The second-order valence-electron chi connectivity index (χ2n) is 4.93. The molecule has 3 atom stereocenters. The van der Waals surface area contributed by atoms with E-state index in [-0.39, 0.29) is 18.0 Å². The Morgan fingerprint density at radius 1 is 1.41 bits per heavy atom. The number of hydrogen-bond acceptors (Lipinski definition) is 2. The summed E-state index contributed by atoms with van der Waals surface area (Å²) < 4.78 is 19.2. The third kappa shape index (κ3) is 2.67. The van der Waals surface area contributed by atoms with Gasteiger partial charge in [-0.3, -0.25) is 0 Å². The van der Waals surface area contributed by atoms with E-state index in [1.54, 1.807) is 12.1 Å². The molecule has 94 valence electrons. The molecule has 1 aromatic carbocycles. The van der Waals surface area contributed by atoms with E-state index in [2.05, 4.69) is 12.2 Å². The molecule has 0 aromatic heterocycles. The maximum Gasteiger partial charge on any atom is 0.123 e. The Balaban J connectivity index is 2.28. The summed E-state index contributed by atoms with van der Waals surface area (Å²) in [6.45, 7) is 4.91. The van der Waals surface area contributed by atoms with Crippen molar-refractivity contribution in [3.8, 4) is 0 Å². The molecule has 0 aliphatic carbocycles. The third-order valence-corrected chi connectivity index (χ3v) is 3.51. The minimum Gasteiger partial charge on any atom is -0.376 e. The smallest absolute Gasteiger partial charge is 0.123 e. The number of nitrogens with one attached hydrogen (secondary N) is 1. The average molecular weight is 237 g/mol. The van der Waals surface area contributed by atoms with Gasteiger partial charge in [0.2, 0.25) is 0 Å². The van der Waals surface area contributed by atoms with Crippen LogP contribution in [0.3, 0.4) is 0 Å². The Morgan fingerprint density at radius 3 is 2.71 bits per heavy atom. The maximum atomic E-state index is 13.4. The average Bonchev–Trinajstić information content (AvgIpc) is 2.65. The highest BCUT2D eigenvalue weighted by Gasteiger charge is 2.32. The number of halogens is 1. The fourth-order valence-electron chi connectivity index (χ4n) is 2.61. The molecule has 0 bridgehead atoms. The van der Waals surface area contributed by atoms with Crippen LogP contribution in [0.25, 0.3) is 0 Å². The van der Waals surface area contributed by atoms with Gasteiger partial charge in [0.15, 0.2) is 0 Å². The van der Waals surface area contributed by atoms with Crippen LogP contribution in [0, 0.1) is 18.7 Å². The molecule has 2 rings (SSSR count). The summed E-state index contributed by atoms with van der Waals surface area (Å²) >= 11 is 0. The van der Waals surface area contributed by atoms with Crippen molar-refractivity contribution in [2.75, 3.05) is 13.7 Å². The lowest BCUT2D eigenvalue weighted by Gasteiger charge is -2.26. The van der Waals surface area contributed by atoms with Crippen molar-refractivity contribution in [3.05, 3.63) is 35.1 Å². The van der Waals surface area contributed by atoms with Crippen molar-refractivity contribution < 1.29 is 9.13 Å². The number of hydrogen-bond donors (Lipinski definition) is 1. The van der Waals surface area contributed by atoms with Gasteiger partial charge in [0.05, 0.1) is 12.1 Å². The minimum absolute atomic E-state index is 0.0712. The zero-order valence-corrected chi connectivity index (χ0v) is 10.7. The first kappa shape index (κ1) is 12.5. The fourth-order valence-corrected chi connectivity index (χ4v) is 2.61. The summed E-state index contributed by atoms with van der Waals surface area (Å²) in [5, 5.41) is 3.25. The molecule has 3 unspecified atom stereocenters. The zero-order valence-electron chi connectivity index (χ0n) is 10.7. The van der Waals surface area contributed by atoms with Gasteiger partial charge >= 0.3 is 0 Å². The van der Waals surface area contributed by atoms with Crippen LogP contribution in [0.1, 0.15) is 30.5 Å². The van der Waals surface area contributed by atoms with E-state index in [0.29, 0.717) is 5.92 Å². The second-order valence-corrected chi connectivity index (χ2v) is 4.93. The topological polar surface area (TPSA) is 21.3 Å². The molecule has 1 aliphatic rings. The van der Waals surface area contributed by atoms with Crippen LogP contribution in [0.5, 0.6) is 0 Å². The molecule has 0 spiro atoms. The fraction of sp³-hybridized carbons (Fsp3) is 0.571. The van der Waals surface area contributed by atoms with Gasteiger partial charge in [-0.15, -0.1) is 0 Å². The summed E-state index contributed by atoms with van der Waals surface area (Å²) in [6, 6.07) is 5.25. The summed E-state index contributed by atoms with van der Waals surface area (Å²) in [5.74, 6) is 0.335. The molecule has 1 aromatic rings. The zero-order chi connectivity index (χ0) is 12.4. The minimum atomic E-state index is -0.175. The monoisotopic (exact) mass is 237 g/mol. The molecule has 1 aliphatic heterocycles. The van der Waals surface area contributed by atoms with Crippen molar-refractivity contribution in [1.82, 2.24) is 5.32 Å². The standard InChI is InChI=1S/C14H20FNO/c1-9-6-11(8-12(15)7-9)13(16-3)14-10(2)4-5-17-14/h6-8,10,13-14,16H,4-5H2,1-3H3. The molecular formula is C14H20FNO. The Bertz CT molecular complexity index is 374. The van der Waals surface area contributed by atoms with Gasteiger partial charge in [-0.2, -0.15) is 0 Å². The van der Waals surface area contributed by atoms with E-state index in [1.165, 1.54) is 0 Å². The second kappa shape index (κ2) is 5.15. The Kier molecular flexibility index (Phi) is 3.79. The predicted molar refractivity (Wildman–Crippen MR) is 66.5 cm³/mol. The van der Waals surface area contributed by atoms with Crippen molar-refractivity contribution in [2.45, 2.75) is 32.4 Å². The Labute approximate surface area is 102 Å². The molecule has 0 radical (unpaired) electrons. The highest BCUT2D eigenvalue weighted by molar-refractivity contribution is 5.27. The Morgan fingerprint density at radius 2 is 2.18 bits per heavy atom. The van der Waals surface area contributed by atoms with Crippen LogP contribution in [0.4, 0.5) is 4.39 Å². The van der Waals surface area contributed by atoms with Crippen LogP contribution in [0.15, 0.2) is 18.2 Å². The van der Waals surface area contributed by atoms with Crippen molar-refractivity contribution in [3.63, 3.8) is 0 Å². The van der Waals surface area contributed by atoms with E-state index in [0.717, 1.165) is 24.2 Å². The Hall–Kier alpha value is -0.930. The van der Waals surface area contributed by atoms with Gasteiger partial charge < -0.3 is 10.1 Å². The van der Waals surface area contributed by atoms with Crippen molar-refractivity contribution >= 4 is 0 Å². The van der Waals surface area contributed by atoms with E-state index >= 15 is 0 Å².